The first kappa shape index (κ1) is 13.6. The average molecular weight is 270 g/mol. The highest BCUT2D eigenvalue weighted by molar-refractivity contribution is 5.77. The van der Waals surface area contributed by atoms with E-state index in [0.717, 1.165) is 0 Å². The Morgan fingerprint density at radius 1 is 1.20 bits per heavy atom. The fraction of sp³-hybridized carbons (Fsp3) is 0.214. The normalized spacial score (nSPS) is 9.70. The molecule has 0 radical (unpaired) electrons. The molecule has 1 aromatic heterocycles. The fourth-order valence-corrected chi connectivity index (χ4v) is 1.90. The van der Waals surface area contributed by atoms with Crippen molar-refractivity contribution in [3.8, 4) is 28.8 Å². The maximum Gasteiger partial charge on any atom is 0.187 e. The van der Waals surface area contributed by atoms with Gasteiger partial charge in [0, 0.05) is 12.6 Å². The second-order valence-corrected chi connectivity index (χ2v) is 3.88. The summed E-state index contributed by atoms with van der Waals surface area (Å²) in [7, 11) is 4.86. The minimum atomic E-state index is 0.503. The van der Waals surface area contributed by atoms with Crippen LogP contribution in [0.1, 0.15) is 5.56 Å². The number of aromatic nitrogens is 2. The lowest BCUT2D eigenvalue weighted by Crippen LogP contribution is -2.01. The van der Waals surface area contributed by atoms with Crippen molar-refractivity contribution in [3.05, 3.63) is 30.1 Å². The highest BCUT2D eigenvalue weighted by Gasteiger charge is 2.17. The minimum absolute atomic E-state index is 0.503. The number of ether oxygens (including phenoxy) is 2. The first-order valence-corrected chi connectivity index (χ1v) is 5.90. The summed E-state index contributed by atoms with van der Waals surface area (Å²) in [5.74, 6) is 1.69. The van der Waals surface area contributed by atoms with Crippen molar-refractivity contribution in [2.75, 3.05) is 26.6 Å². The molecule has 0 saturated carbocycles. The summed E-state index contributed by atoms with van der Waals surface area (Å²) in [6.07, 6.45) is 1.43. The molecular weight excluding hydrogens is 256 g/mol. The third kappa shape index (κ3) is 2.34. The summed E-state index contributed by atoms with van der Waals surface area (Å²) in [6, 6.07) is 7.23. The van der Waals surface area contributed by atoms with Gasteiger partial charge in [0.15, 0.2) is 11.6 Å². The van der Waals surface area contributed by atoms with Crippen LogP contribution in [0.3, 0.4) is 0 Å². The number of nitrogens with one attached hydrogen (secondary N) is 1. The van der Waals surface area contributed by atoms with Gasteiger partial charge in [0.2, 0.25) is 0 Å². The summed E-state index contributed by atoms with van der Waals surface area (Å²) in [5.41, 5.74) is 1.77. The molecule has 1 heterocycles. The molecule has 1 N–H and O–H groups in total. The first-order chi connectivity index (χ1) is 9.74. The van der Waals surface area contributed by atoms with Gasteiger partial charge in [-0.2, -0.15) is 5.26 Å². The van der Waals surface area contributed by atoms with Crippen LogP contribution < -0.4 is 14.8 Å². The third-order valence-corrected chi connectivity index (χ3v) is 2.83. The lowest BCUT2D eigenvalue weighted by Gasteiger charge is -2.13. The predicted molar refractivity (Wildman–Crippen MR) is 74.8 cm³/mol. The molecule has 0 saturated heterocycles. The number of nitrogens with zero attached hydrogens (tertiary/aromatic N) is 3. The van der Waals surface area contributed by atoms with Crippen LogP contribution in [-0.2, 0) is 0 Å². The van der Waals surface area contributed by atoms with Gasteiger partial charge in [-0.3, -0.25) is 0 Å². The van der Waals surface area contributed by atoms with E-state index < -0.39 is 0 Å². The first-order valence-electron chi connectivity index (χ1n) is 5.90. The topological polar surface area (TPSA) is 80.1 Å². The number of benzene rings is 1. The molecule has 2 rings (SSSR count). The molecule has 6 heteroatoms. The van der Waals surface area contributed by atoms with Crippen LogP contribution in [-0.4, -0.2) is 31.2 Å². The molecule has 102 valence electrons. The summed E-state index contributed by atoms with van der Waals surface area (Å²) in [4.78, 5) is 8.35. The highest BCUT2D eigenvalue weighted by atomic mass is 16.5. The number of anilines is 1. The molecule has 0 atom stereocenters. The Morgan fingerprint density at radius 3 is 2.60 bits per heavy atom. The zero-order chi connectivity index (χ0) is 14.5. The molecule has 0 bridgehead atoms. The monoisotopic (exact) mass is 270 g/mol. The van der Waals surface area contributed by atoms with E-state index in [2.05, 4.69) is 21.4 Å². The molecule has 0 aliphatic rings. The molecule has 0 amide bonds. The Kier molecular flexibility index (Phi) is 4.01. The van der Waals surface area contributed by atoms with Crippen LogP contribution >= 0.6 is 0 Å². The van der Waals surface area contributed by atoms with Crippen molar-refractivity contribution < 1.29 is 9.47 Å². The second kappa shape index (κ2) is 5.89. The molecule has 0 unspecified atom stereocenters. The van der Waals surface area contributed by atoms with Gasteiger partial charge in [0.1, 0.15) is 17.8 Å². The smallest absolute Gasteiger partial charge is 0.187 e. The zero-order valence-corrected chi connectivity index (χ0v) is 11.5. The molecule has 2 aromatic rings. The molecule has 0 aliphatic carbocycles. The Labute approximate surface area is 117 Å². The van der Waals surface area contributed by atoms with E-state index in [4.69, 9.17) is 14.7 Å². The van der Waals surface area contributed by atoms with Crippen molar-refractivity contribution in [3.63, 3.8) is 0 Å². The maximum absolute atomic E-state index is 9.03. The van der Waals surface area contributed by atoms with Crippen LogP contribution in [0.2, 0.25) is 0 Å². The largest absolute Gasteiger partial charge is 0.496 e. The molecule has 0 aliphatic heterocycles. The number of hydrogen-bond acceptors (Lipinski definition) is 6. The van der Waals surface area contributed by atoms with Gasteiger partial charge in [-0.25, -0.2) is 9.97 Å². The number of rotatable bonds is 4. The van der Waals surface area contributed by atoms with Gasteiger partial charge in [0.05, 0.1) is 25.9 Å². The lowest BCUT2D eigenvalue weighted by molar-refractivity contribution is 0.409. The van der Waals surface area contributed by atoms with Crippen LogP contribution in [0.15, 0.2) is 24.5 Å². The number of hydrogen-bond donors (Lipinski definition) is 1. The molecule has 0 fully saturated rings. The summed E-state index contributed by atoms with van der Waals surface area (Å²) >= 11 is 0. The van der Waals surface area contributed by atoms with Crippen molar-refractivity contribution >= 4 is 5.82 Å². The number of methoxy groups -OCH3 is 2. The van der Waals surface area contributed by atoms with Gasteiger partial charge in [0.25, 0.3) is 0 Å². The van der Waals surface area contributed by atoms with E-state index in [1.165, 1.54) is 6.33 Å². The van der Waals surface area contributed by atoms with E-state index in [9.17, 15) is 0 Å². The van der Waals surface area contributed by atoms with Crippen molar-refractivity contribution in [1.82, 2.24) is 9.97 Å². The predicted octanol–water partition coefficient (Wildman–Crippen LogP) is 2.07. The van der Waals surface area contributed by atoms with E-state index in [0.29, 0.717) is 34.1 Å². The quantitative estimate of drug-likeness (QED) is 0.916. The average Bonchev–Trinajstić information content (AvgIpc) is 2.53. The summed E-state index contributed by atoms with van der Waals surface area (Å²) < 4.78 is 10.7. The zero-order valence-electron chi connectivity index (χ0n) is 11.5. The van der Waals surface area contributed by atoms with E-state index in [1.807, 2.05) is 0 Å². The Hall–Kier alpha value is -2.81. The van der Waals surface area contributed by atoms with Gasteiger partial charge >= 0.3 is 0 Å². The van der Waals surface area contributed by atoms with Crippen molar-refractivity contribution in [2.45, 2.75) is 0 Å². The van der Waals surface area contributed by atoms with E-state index >= 15 is 0 Å². The highest BCUT2D eigenvalue weighted by Crippen LogP contribution is 2.38. The fourth-order valence-electron chi connectivity index (χ4n) is 1.90. The summed E-state index contributed by atoms with van der Waals surface area (Å²) in [6.45, 7) is 0. The van der Waals surface area contributed by atoms with Crippen molar-refractivity contribution in [1.29, 1.82) is 5.26 Å². The minimum Gasteiger partial charge on any atom is -0.496 e. The molecule has 6 nitrogen and oxygen atoms in total. The third-order valence-electron chi connectivity index (χ3n) is 2.83. The SMILES string of the molecule is CNc1ncnc(-c2cc(C#N)ccc2OC)c1OC. The Bertz CT molecular complexity index is 665. The Morgan fingerprint density at radius 2 is 2.00 bits per heavy atom. The molecular formula is C14H14N4O2. The summed E-state index contributed by atoms with van der Waals surface area (Å²) in [5, 5.41) is 12.0. The van der Waals surface area contributed by atoms with E-state index in [-0.39, 0.29) is 0 Å². The van der Waals surface area contributed by atoms with Gasteiger partial charge in [-0.1, -0.05) is 0 Å². The lowest BCUT2D eigenvalue weighted by atomic mass is 10.1. The van der Waals surface area contributed by atoms with Crippen molar-refractivity contribution in [2.24, 2.45) is 0 Å². The van der Waals surface area contributed by atoms with Gasteiger partial charge < -0.3 is 14.8 Å². The molecule has 20 heavy (non-hydrogen) atoms. The van der Waals surface area contributed by atoms with Gasteiger partial charge in [-0.05, 0) is 18.2 Å². The van der Waals surface area contributed by atoms with Crippen LogP contribution in [0.5, 0.6) is 11.5 Å². The standard InChI is InChI=1S/C14H14N4O2/c1-16-14-13(20-3)12(17-8-18-14)10-6-9(7-15)4-5-11(10)19-2/h4-6,8H,1-3H3,(H,16,17,18). The Balaban J connectivity index is 2.70. The van der Waals surface area contributed by atoms with Crippen LogP contribution in [0, 0.1) is 11.3 Å². The van der Waals surface area contributed by atoms with E-state index in [1.54, 1.807) is 39.5 Å². The number of nitriles is 1. The molecule has 0 spiro atoms. The second-order valence-electron chi connectivity index (χ2n) is 3.88. The van der Waals surface area contributed by atoms with Crippen LogP contribution in [0.4, 0.5) is 5.82 Å². The van der Waals surface area contributed by atoms with Crippen LogP contribution in [0.25, 0.3) is 11.3 Å². The molecule has 1 aromatic carbocycles. The van der Waals surface area contributed by atoms with Gasteiger partial charge in [-0.15, -0.1) is 0 Å². The maximum atomic E-state index is 9.03.